The highest BCUT2D eigenvalue weighted by molar-refractivity contribution is 7.13. The van der Waals surface area contributed by atoms with Crippen molar-refractivity contribution in [2.75, 3.05) is 7.05 Å². The van der Waals surface area contributed by atoms with Gasteiger partial charge in [0.1, 0.15) is 5.82 Å². The lowest BCUT2D eigenvalue weighted by Gasteiger charge is -2.13. The number of hydrogen-bond acceptors (Lipinski definition) is 5. The summed E-state index contributed by atoms with van der Waals surface area (Å²) in [6.07, 6.45) is 3.37. The van der Waals surface area contributed by atoms with E-state index in [-0.39, 0.29) is 5.91 Å². The number of thiophene rings is 1. The molecule has 0 spiro atoms. The zero-order chi connectivity index (χ0) is 13.9. The molecule has 3 aromatic rings. The van der Waals surface area contributed by atoms with E-state index in [0.717, 1.165) is 10.7 Å². The summed E-state index contributed by atoms with van der Waals surface area (Å²) < 4.78 is 5.21. The van der Waals surface area contributed by atoms with Gasteiger partial charge in [0.25, 0.3) is 5.91 Å². The molecule has 3 aromatic heterocycles. The molecule has 0 saturated heterocycles. The summed E-state index contributed by atoms with van der Waals surface area (Å²) in [5, 5.41) is 5.78. The third kappa shape index (κ3) is 2.48. The highest BCUT2D eigenvalue weighted by Crippen LogP contribution is 2.25. The molecule has 0 fully saturated rings. The minimum atomic E-state index is -0.201. The predicted octanol–water partition coefficient (Wildman–Crippen LogP) is 2.40. The van der Waals surface area contributed by atoms with Gasteiger partial charge in [0.05, 0.1) is 11.4 Å². The van der Waals surface area contributed by atoms with Crippen LogP contribution in [0.25, 0.3) is 10.6 Å². The summed E-state index contributed by atoms with van der Waals surface area (Å²) in [4.78, 5) is 21.7. The first kappa shape index (κ1) is 12.6. The predicted molar refractivity (Wildman–Crippen MR) is 74.2 cm³/mol. The van der Waals surface area contributed by atoms with E-state index in [1.807, 2.05) is 17.5 Å². The molecule has 0 aliphatic heterocycles. The van der Waals surface area contributed by atoms with Gasteiger partial charge in [0.2, 0.25) is 0 Å². The molecule has 3 rings (SSSR count). The molecule has 20 heavy (non-hydrogen) atoms. The third-order valence-corrected chi connectivity index (χ3v) is 3.67. The fraction of sp³-hybridized carbons (Fsp3) is 0.154. The molecule has 6 nitrogen and oxygen atoms in total. The number of H-pyrrole nitrogens is 1. The Kier molecular flexibility index (Phi) is 3.34. The highest BCUT2D eigenvalue weighted by Gasteiger charge is 2.18. The van der Waals surface area contributed by atoms with Crippen molar-refractivity contribution < 1.29 is 9.32 Å². The van der Waals surface area contributed by atoms with Crippen molar-refractivity contribution in [3.05, 3.63) is 47.5 Å². The summed E-state index contributed by atoms with van der Waals surface area (Å²) in [5.74, 6) is 1.13. The number of imidazole rings is 1. The minimum absolute atomic E-state index is 0.201. The molecular weight excluding hydrogens is 276 g/mol. The maximum atomic E-state index is 12.2. The van der Waals surface area contributed by atoms with Gasteiger partial charge in [0, 0.05) is 25.5 Å². The number of carbonyl (C=O) groups is 1. The number of rotatable bonds is 4. The number of nitrogens with zero attached hydrogens (tertiary/aromatic N) is 3. The summed E-state index contributed by atoms with van der Waals surface area (Å²) in [6, 6.07) is 5.51. The number of nitrogens with one attached hydrogen (secondary N) is 1. The summed E-state index contributed by atoms with van der Waals surface area (Å²) >= 11 is 1.54. The van der Waals surface area contributed by atoms with Crippen molar-refractivity contribution in [2.45, 2.75) is 6.54 Å². The van der Waals surface area contributed by atoms with Gasteiger partial charge in [-0.3, -0.25) is 4.79 Å². The average molecular weight is 288 g/mol. The number of hydrogen-bond donors (Lipinski definition) is 1. The lowest BCUT2D eigenvalue weighted by Crippen LogP contribution is -2.26. The Hall–Kier alpha value is -2.41. The van der Waals surface area contributed by atoms with Crippen molar-refractivity contribution in [3.63, 3.8) is 0 Å². The van der Waals surface area contributed by atoms with Gasteiger partial charge in [-0.25, -0.2) is 4.98 Å². The van der Waals surface area contributed by atoms with Gasteiger partial charge in [0.15, 0.2) is 11.5 Å². The number of carbonyl (C=O) groups excluding carboxylic acids is 1. The van der Waals surface area contributed by atoms with Crippen LogP contribution in [0.5, 0.6) is 0 Å². The summed E-state index contributed by atoms with van der Waals surface area (Å²) in [7, 11) is 1.70. The maximum Gasteiger partial charge on any atom is 0.276 e. The van der Waals surface area contributed by atoms with Crippen LogP contribution in [0, 0.1) is 0 Å². The summed E-state index contributed by atoms with van der Waals surface area (Å²) in [5.41, 5.74) is 0.294. The van der Waals surface area contributed by atoms with E-state index in [0.29, 0.717) is 18.0 Å². The van der Waals surface area contributed by atoms with Gasteiger partial charge < -0.3 is 14.4 Å². The monoisotopic (exact) mass is 288 g/mol. The highest BCUT2D eigenvalue weighted by atomic mass is 32.1. The van der Waals surface area contributed by atoms with Crippen molar-refractivity contribution in [1.29, 1.82) is 0 Å². The first-order chi connectivity index (χ1) is 9.74. The van der Waals surface area contributed by atoms with Crippen LogP contribution < -0.4 is 0 Å². The zero-order valence-electron chi connectivity index (χ0n) is 10.7. The first-order valence-electron chi connectivity index (χ1n) is 5.98. The lowest BCUT2D eigenvalue weighted by molar-refractivity contribution is 0.0771. The van der Waals surface area contributed by atoms with Gasteiger partial charge in [-0.2, -0.15) is 0 Å². The Morgan fingerprint density at radius 1 is 1.55 bits per heavy atom. The van der Waals surface area contributed by atoms with E-state index in [1.54, 1.807) is 25.5 Å². The first-order valence-corrected chi connectivity index (χ1v) is 6.86. The van der Waals surface area contributed by atoms with Crippen molar-refractivity contribution in [3.8, 4) is 10.6 Å². The Morgan fingerprint density at radius 2 is 2.45 bits per heavy atom. The van der Waals surface area contributed by atoms with Crippen molar-refractivity contribution >= 4 is 17.2 Å². The molecule has 0 aliphatic carbocycles. The molecule has 7 heteroatoms. The molecule has 3 heterocycles. The minimum Gasteiger partial charge on any atom is -0.355 e. The van der Waals surface area contributed by atoms with Gasteiger partial charge >= 0.3 is 0 Å². The van der Waals surface area contributed by atoms with Gasteiger partial charge in [-0.15, -0.1) is 11.3 Å². The van der Waals surface area contributed by atoms with Crippen LogP contribution >= 0.6 is 11.3 Å². The largest absolute Gasteiger partial charge is 0.355 e. The van der Waals surface area contributed by atoms with Crippen LogP contribution in [0.2, 0.25) is 0 Å². The standard InChI is InChI=1S/C13H12N4O2S/c1-17(8-12-14-4-5-15-12)13(18)9-7-10(19-16-9)11-3-2-6-20-11/h2-7H,8H2,1H3,(H,14,15). The molecule has 0 saturated carbocycles. The Bertz CT molecular complexity index is 688. The molecule has 0 aliphatic rings. The second kappa shape index (κ2) is 5.30. The van der Waals surface area contributed by atoms with E-state index in [2.05, 4.69) is 15.1 Å². The smallest absolute Gasteiger partial charge is 0.276 e. The van der Waals surface area contributed by atoms with Gasteiger partial charge in [-0.05, 0) is 11.4 Å². The van der Waals surface area contributed by atoms with E-state index < -0.39 is 0 Å². The molecule has 102 valence electrons. The summed E-state index contributed by atoms with van der Waals surface area (Å²) in [6.45, 7) is 0.396. The fourth-order valence-corrected chi connectivity index (χ4v) is 2.46. The number of amides is 1. The van der Waals surface area contributed by atoms with E-state index in [1.165, 1.54) is 16.2 Å². The van der Waals surface area contributed by atoms with Crippen LogP contribution in [0.15, 0.2) is 40.5 Å². The quantitative estimate of drug-likeness (QED) is 0.800. The molecule has 1 N–H and O–H groups in total. The molecule has 0 unspecified atom stereocenters. The zero-order valence-corrected chi connectivity index (χ0v) is 11.6. The van der Waals surface area contributed by atoms with Crippen LogP contribution in [0.1, 0.15) is 16.3 Å². The molecule has 1 amide bonds. The number of aromatic nitrogens is 3. The van der Waals surface area contributed by atoms with Crippen molar-refractivity contribution in [1.82, 2.24) is 20.0 Å². The topological polar surface area (TPSA) is 75.0 Å². The van der Waals surface area contributed by atoms with Crippen LogP contribution in [-0.4, -0.2) is 33.0 Å². The van der Waals surface area contributed by atoms with E-state index in [9.17, 15) is 4.79 Å². The SMILES string of the molecule is CN(Cc1ncc[nH]1)C(=O)c1cc(-c2cccs2)on1. The van der Waals surface area contributed by atoms with Crippen LogP contribution in [-0.2, 0) is 6.54 Å². The maximum absolute atomic E-state index is 12.2. The third-order valence-electron chi connectivity index (χ3n) is 2.78. The molecular formula is C13H12N4O2S. The average Bonchev–Trinajstić information content (AvgIpc) is 3.18. The second-order valence-corrected chi connectivity index (χ2v) is 5.20. The van der Waals surface area contributed by atoms with E-state index in [4.69, 9.17) is 4.52 Å². The molecule has 0 atom stereocenters. The van der Waals surface area contributed by atoms with Crippen LogP contribution in [0.4, 0.5) is 0 Å². The van der Waals surface area contributed by atoms with E-state index >= 15 is 0 Å². The fourth-order valence-electron chi connectivity index (χ4n) is 1.79. The number of aromatic amines is 1. The second-order valence-electron chi connectivity index (χ2n) is 4.25. The van der Waals surface area contributed by atoms with Crippen LogP contribution in [0.3, 0.4) is 0 Å². The molecule has 0 radical (unpaired) electrons. The molecule has 0 aromatic carbocycles. The normalized spacial score (nSPS) is 10.7. The van der Waals surface area contributed by atoms with Gasteiger partial charge in [-0.1, -0.05) is 11.2 Å². The Labute approximate surface area is 119 Å². The Morgan fingerprint density at radius 3 is 3.15 bits per heavy atom. The lowest BCUT2D eigenvalue weighted by atomic mass is 10.3. The molecule has 0 bridgehead atoms. The Balaban J connectivity index is 1.74. The van der Waals surface area contributed by atoms with Crippen molar-refractivity contribution in [2.24, 2.45) is 0 Å².